The highest BCUT2D eigenvalue weighted by atomic mass is 32.3. The maximum absolute atomic E-state index is 9.57. The molecule has 164 valence electrons. The molecule has 0 aromatic heterocycles. The Balaban J connectivity index is 0.000000749. The van der Waals surface area contributed by atoms with Gasteiger partial charge in [-0.3, -0.25) is 9.11 Å². The van der Waals surface area contributed by atoms with Gasteiger partial charge in [0, 0.05) is 0 Å². The molecule has 1 heterocycles. The number of anilines is 1. The monoisotopic (exact) mass is 431 g/mol. The molecular formula is C18H29N3O7S. The number of para-hydroxylation sites is 1. The van der Waals surface area contributed by atoms with Crippen LogP contribution in [0.25, 0.3) is 5.53 Å². The number of rotatable bonds is 9. The largest absolute Gasteiger partial charge is 0.497 e. The van der Waals surface area contributed by atoms with E-state index in [1.807, 2.05) is 35.2 Å². The first-order valence-electron chi connectivity index (χ1n) is 9.42. The lowest BCUT2D eigenvalue weighted by molar-refractivity contribution is -0.167. The standard InChI is InChI=1S/C18H27N3O3.H2O4S/c1-3-5-12-22-16-14-24-18(23-13-6-4-2)17(20-19)21(16)15-10-8-7-9-11-15;1-5(2,3)4/h7-11,16,18H,3-6,12-14H2,1-2H3;(H2,1,2,3,4). The van der Waals surface area contributed by atoms with Gasteiger partial charge in [0.15, 0.2) is 0 Å². The van der Waals surface area contributed by atoms with E-state index >= 15 is 0 Å². The minimum absolute atomic E-state index is 0.324. The van der Waals surface area contributed by atoms with Crippen LogP contribution < -0.4 is 4.90 Å². The molecule has 0 radical (unpaired) electrons. The highest BCUT2D eigenvalue weighted by Gasteiger charge is 2.44. The summed E-state index contributed by atoms with van der Waals surface area (Å²) in [6.45, 7) is 5.76. The summed E-state index contributed by atoms with van der Waals surface area (Å²) in [7, 11) is -4.67. The zero-order chi connectivity index (χ0) is 21.7. The van der Waals surface area contributed by atoms with Gasteiger partial charge in [0.25, 0.3) is 6.29 Å². The van der Waals surface area contributed by atoms with Gasteiger partial charge < -0.3 is 24.5 Å². The van der Waals surface area contributed by atoms with E-state index in [4.69, 9.17) is 31.7 Å². The molecule has 1 aromatic rings. The van der Waals surface area contributed by atoms with Crippen LogP contribution in [0.15, 0.2) is 30.3 Å². The van der Waals surface area contributed by atoms with E-state index in [1.54, 1.807) is 0 Å². The molecule has 0 amide bonds. The van der Waals surface area contributed by atoms with E-state index in [0.717, 1.165) is 31.4 Å². The van der Waals surface area contributed by atoms with Crippen molar-refractivity contribution in [1.82, 2.24) is 0 Å². The van der Waals surface area contributed by atoms with E-state index in [2.05, 4.69) is 18.6 Å². The number of nitrogens with zero attached hydrogens (tertiary/aromatic N) is 3. The summed E-state index contributed by atoms with van der Waals surface area (Å²) >= 11 is 0. The van der Waals surface area contributed by atoms with Gasteiger partial charge >= 0.3 is 16.2 Å². The smallest absolute Gasteiger partial charge is 0.394 e. The molecule has 0 bridgehead atoms. The zero-order valence-electron chi connectivity index (χ0n) is 16.7. The number of hydrogen-bond donors (Lipinski definition) is 2. The van der Waals surface area contributed by atoms with Gasteiger partial charge in [-0.1, -0.05) is 44.9 Å². The molecule has 0 saturated carbocycles. The van der Waals surface area contributed by atoms with E-state index in [0.29, 0.717) is 25.7 Å². The third-order valence-electron chi connectivity index (χ3n) is 3.85. The lowest BCUT2D eigenvalue weighted by Crippen LogP contribution is -2.56. The SMILES string of the molecule is CCCCOC1OCC(OCCCC)N(c2ccccc2)C1=[N+]=[N-].O=S(=O)(O)O. The predicted molar refractivity (Wildman–Crippen MR) is 107 cm³/mol. The summed E-state index contributed by atoms with van der Waals surface area (Å²) in [6, 6.07) is 9.74. The molecule has 1 aromatic carbocycles. The van der Waals surface area contributed by atoms with Crippen molar-refractivity contribution < 1.29 is 36.5 Å². The lowest BCUT2D eigenvalue weighted by Gasteiger charge is -2.33. The molecule has 2 atom stereocenters. The number of morpholine rings is 1. The van der Waals surface area contributed by atoms with Crippen LogP contribution in [0.2, 0.25) is 0 Å². The van der Waals surface area contributed by atoms with Crippen LogP contribution in [0.5, 0.6) is 0 Å². The summed E-state index contributed by atoms with van der Waals surface area (Å²) in [4.78, 5) is 5.31. The van der Waals surface area contributed by atoms with Crippen LogP contribution >= 0.6 is 0 Å². The zero-order valence-corrected chi connectivity index (χ0v) is 17.5. The van der Waals surface area contributed by atoms with Crippen molar-refractivity contribution in [1.29, 1.82) is 0 Å². The Morgan fingerprint density at radius 3 is 2.21 bits per heavy atom. The Hall–Kier alpha value is -1.85. The summed E-state index contributed by atoms with van der Waals surface area (Å²) < 4.78 is 49.0. The normalized spacial score (nSPS) is 19.3. The third-order valence-corrected chi connectivity index (χ3v) is 3.85. The number of hydrogen-bond acceptors (Lipinski definition) is 5. The summed E-state index contributed by atoms with van der Waals surface area (Å²) in [5.41, 5.74) is 10.5. The van der Waals surface area contributed by atoms with Crippen molar-refractivity contribution in [2.24, 2.45) is 0 Å². The highest BCUT2D eigenvalue weighted by molar-refractivity contribution is 7.79. The Morgan fingerprint density at radius 1 is 1.14 bits per heavy atom. The minimum Gasteiger partial charge on any atom is -0.497 e. The molecule has 2 rings (SSSR count). The Bertz CT molecular complexity index is 731. The van der Waals surface area contributed by atoms with Crippen LogP contribution in [-0.4, -0.2) is 60.5 Å². The second-order valence-corrected chi connectivity index (χ2v) is 7.08. The fourth-order valence-corrected chi connectivity index (χ4v) is 2.51. The second kappa shape index (κ2) is 13.4. The average molecular weight is 432 g/mol. The maximum atomic E-state index is 9.57. The summed E-state index contributed by atoms with van der Waals surface area (Å²) in [6.07, 6.45) is 2.97. The first kappa shape index (κ1) is 25.2. The topological polar surface area (TPSA) is 142 Å². The van der Waals surface area contributed by atoms with Crippen LogP contribution in [0, 0.1) is 0 Å². The van der Waals surface area contributed by atoms with Crippen LogP contribution in [0.1, 0.15) is 39.5 Å². The van der Waals surface area contributed by atoms with Gasteiger partial charge in [-0.15, -0.1) is 0 Å². The Kier molecular flexibility index (Phi) is 11.6. The first-order chi connectivity index (χ1) is 13.8. The Labute approximate surface area is 171 Å². The van der Waals surface area contributed by atoms with Gasteiger partial charge in [0.2, 0.25) is 6.23 Å². The number of amidine groups is 1. The molecular weight excluding hydrogens is 402 g/mol. The van der Waals surface area contributed by atoms with E-state index < -0.39 is 16.7 Å². The molecule has 29 heavy (non-hydrogen) atoms. The van der Waals surface area contributed by atoms with Gasteiger partial charge in [-0.05, 0) is 25.0 Å². The maximum Gasteiger partial charge on any atom is 0.394 e. The van der Waals surface area contributed by atoms with Gasteiger partial charge in [-0.2, -0.15) is 13.3 Å². The van der Waals surface area contributed by atoms with Crippen LogP contribution in [0.3, 0.4) is 0 Å². The van der Waals surface area contributed by atoms with Crippen molar-refractivity contribution in [3.63, 3.8) is 0 Å². The molecule has 1 aliphatic heterocycles. The third kappa shape index (κ3) is 9.95. The average Bonchev–Trinajstić information content (AvgIpc) is 2.68. The molecule has 10 nitrogen and oxygen atoms in total. The van der Waals surface area contributed by atoms with Crippen molar-refractivity contribution in [2.75, 3.05) is 24.7 Å². The number of unbranched alkanes of at least 4 members (excludes halogenated alkanes) is 2. The number of benzene rings is 1. The number of ether oxygens (including phenoxy) is 3. The molecule has 11 heteroatoms. The quantitative estimate of drug-likeness (QED) is 0.263. The summed E-state index contributed by atoms with van der Waals surface area (Å²) in [5.74, 6) is 0.324. The predicted octanol–water partition coefficient (Wildman–Crippen LogP) is 2.78. The molecule has 2 unspecified atom stereocenters. The molecule has 1 saturated heterocycles. The second-order valence-electron chi connectivity index (χ2n) is 6.18. The fraction of sp³-hybridized carbons (Fsp3) is 0.611. The molecule has 1 fully saturated rings. The van der Waals surface area contributed by atoms with Crippen molar-refractivity contribution in [3.8, 4) is 0 Å². The Morgan fingerprint density at radius 2 is 1.69 bits per heavy atom. The van der Waals surface area contributed by atoms with Gasteiger partial charge in [0.05, 0.1) is 13.2 Å². The van der Waals surface area contributed by atoms with Crippen LogP contribution in [0.4, 0.5) is 5.69 Å². The van der Waals surface area contributed by atoms with Gasteiger partial charge in [-0.25, -0.2) is 0 Å². The van der Waals surface area contributed by atoms with Crippen molar-refractivity contribution in [3.05, 3.63) is 35.9 Å². The minimum atomic E-state index is -4.67. The lowest BCUT2D eigenvalue weighted by atomic mass is 10.2. The fourth-order valence-electron chi connectivity index (χ4n) is 2.51. The van der Waals surface area contributed by atoms with Crippen molar-refractivity contribution >= 4 is 21.9 Å². The van der Waals surface area contributed by atoms with E-state index in [9.17, 15) is 5.53 Å². The highest BCUT2D eigenvalue weighted by Crippen LogP contribution is 2.24. The molecule has 0 aliphatic carbocycles. The van der Waals surface area contributed by atoms with Crippen LogP contribution in [-0.2, 0) is 24.6 Å². The molecule has 0 spiro atoms. The van der Waals surface area contributed by atoms with Crippen molar-refractivity contribution in [2.45, 2.75) is 52.0 Å². The van der Waals surface area contributed by atoms with E-state index in [-0.39, 0.29) is 6.23 Å². The molecule has 1 aliphatic rings. The summed E-state index contributed by atoms with van der Waals surface area (Å²) in [5, 5.41) is 0. The van der Waals surface area contributed by atoms with E-state index in [1.165, 1.54) is 0 Å². The molecule has 2 N–H and O–H groups in total. The van der Waals surface area contributed by atoms with Gasteiger partial charge in [0.1, 0.15) is 12.3 Å². The first-order valence-corrected chi connectivity index (χ1v) is 10.8.